The molecule has 0 aliphatic carbocycles. The molecule has 1 N–H and O–H groups in total. The number of rotatable bonds is 3. The van der Waals surface area contributed by atoms with Crippen LogP contribution >= 0.6 is 0 Å². The predicted molar refractivity (Wildman–Crippen MR) is 103 cm³/mol. The van der Waals surface area contributed by atoms with E-state index in [9.17, 15) is 8.42 Å². The van der Waals surface area contributed by atoms with Crippen LogP contribution in [0.15, 0.2) is 12.3 Å². The topological polar surface area (TPSA) is 81.7 Å². The van der Waals surface area contributed by atoms with E-state index in [0.29, 0.717) is 0 Å². The molecule has 0 radical (unpaired) electrons. The van der Waals surface area contributed by atoms with Gasteiger partial charge < -0.3 is 20.0 Å². The lowest BCUT2D eigenvalue weighted by Crippen LogP contribution is -2.57. The van der Waals surface area contributed by atoms with E-state index in [-0.39, 0.29) is 23.6 Å². The highest BCUT2D eigenvalue weighted by Crippen LogP contribution is 2.26. The molecule has 0 saturated carbocycles. The van der Waals surface area contributed by atoms with E-state index in [4.69, 9.17) is 4.98 Å². The molecule has 0 amide bonds. The van der Waals surface area contributed by atoms with Crippen LogP contribution < -0.4 is 15.1 Å². The van der Waals surface area contributed by atoms with Crippen molar-refractivity contribution in [1.29, 1.82) is 0 Å². The third kappa shape index (κ3) is 3.65. The van der Waals surface area contributed by atoms with Gasteiger partial charge >= 0.3 is 0 Å². The molecule has 26 heavy (non-hydrogen) atoms. The van der Waals surface area contributed by atoms with Crippen molar-refractivity contribution in [2.24, 2.45) is 0 Å². The summed E-state index contributed by atoms with van der Waals surface area (Å²) in [5.41, 5.74) is 0. The van der Waals surface area contributed by atoms with Gasteiger partial charge in [-0.2, -0.15) is 4.98 Å². The van der Waals surface area contributed by atoms with Crippen molar-refractivity contribution in [3.05, 3.63) is 12.3 Å². The van der Waals surface area contributed by atoms with Crippen molar-refractivity contribution in [1.82, 2.24) is 20.2 Å². The van der Waals surface area contributed by atoms with Crippen LogP contribution in [0.1, 0.15) is 13.3 Å². The minimum absolute atomic E-state index is 0.00321. The summed E-state index contributed by atoms with van der Waals surface area (Å²) in [5, 5.41) is 3.35. The van der Waals surface area contributed by atoms with Crippen molar-refractivity contribution < 1.29 is 8.42 Å². The van der Waals surface area contributed by atoms with Crippen LogP contribution in [0.25, 0.3) is 0 Å². The van der Waals surface area contributed by atoms with Gasteiger partial charge in [0.1, 0.15) is 5.82 Å². The lowest BCUT2D eigenvalue weighted by atomic mass is 10.1. The van der Waals surface area contributed by atoms with Crippen LogP contribution in [0, 0.1) is 0 Å². The summed E-state index contributed by atoms with van der Waals surface area (Å²) in [4.78, 5) is 16.2. The first-order valence-electron chi connectivity index (χ1n) is 9.56. The number of nitrogens with zero attached hydrogens (tertiary/aromatic N) is 5. The normalized spacial score (nSPS) is 29.4. The van der Waals surface area contributed by atoms with Gasteiger partial charge in [0, 0.05) is 45.0 Å². The Labute approximate surface area is 155 Å². The molecule has 3 aliphatic rings. The summed E-state index contributed by atoms with van der Waals surface area (Å²) in [6.45, 7) is 8.87. The Morgan fingerprint density at radius 3 is 2.92 bits per heavy atom. The molecule has 0 bridgehead atoms. The number of piperazine rings is 1. The SMILES string of the molecule is CCN1CCCN(c2nccc(N3CCN[C@H]4CS(=O)(=O)C[C@H]43)n2)CC1. The lowest BCUT2D eigenvalue weighted by molar-refractivity contribution is 0.310. The third-order valence-corrected chi connectivity index (χ3v) is 7.44. The first kappa shape index (κ1) is 17.9. The maximum absolute atomic E-state index is 12.1. The van der Waals surface area contributed by atoms with E-state index in [1.54, 1.807) is 6.20 Å². The zero-order valence-electron chi connectivity index (χ0n) is 15.3. The Bertz CT molecular complexity index is 743. The number of sulfone groups is 1. The summed E-state index contributed by atoms with van der Waals surface area (Å²) in [6.07, 6.45) is 2.92. The van der Waals surface area contributed by atoms with E-state index in [1.807, 2.05) is 6.07 Å². The number of likely N-dealkylation sites (N-methyl/N-ethyl adjacent to an activating group) is 1. The number of fused-ring (bicyclic) bond motifs is 1. The average Bonchev–Trinajstić information content (AvgIpc) is 2.81. The first-order chi connectivity index (χ1) is 12.6. The van der Waals surface area contributed by atoms with Crippen molar-refractivity contribution in [2.75, 3.05) is 67.1 Å². The van der Waals surface area contributed by atoms with Crippen LogP contribution in [0.5, 0.6) is 0 Å². The highest BCUT2D eigenvalue weighted by Gasteiger charge is 2.43. The summed E-state index contributed by atoms with van der Waals surface area (Å²) in [7, 11) is -2.98. The number of anilines is 2. The van der Waals surface area contributed by atoms with Crippen molar-refractivity contribution in [3.8, 4) is 0 Å². The number of hydrogen-bond donors (Lipinski definition) is 1. The summed E-state index contributed by atoms with van der Waals surface area (Å²) in [5.74, 6) is 2.04. The Hall–Kier alpha value is -1.45. The molecule has 3 saturated heterocycles. The molecule has 1 aromatic heterocycles. The first-order valence-corrected chi connectivity index (χ1v) is 11.4. The van der Waals surface area contributed by atoms with Gasteiger partial charge in [0.2, 0.25) is 5.95 Å². The van der Waals surface area contributed by atoms with Gasteiger partial charge in [-0.1, -0.05) is 6.92 Å². The lowest BCUT2D eigenvalue weighted by Gasteiger charge is -2.38. The molecule has 3 fully saturated rings. The Balaban J connectivity index is 1.54. The maximum Gasteiger partial charge on any atom is 0.227 e. The fourth-order valence-corrected chi connectivity index (χ4v) is 6.25. The van der Waals surface area contributed by atoms with E-state index in [2.05, 4.69) is 31.9 Å². The van der Waals surface area contributed by atoms with Gasteiger partial charge in [-0.15, -0.1) is 0 Å². The fraction of sp³-hybridized carbons (Fsp3) is 0.765. The van der Waals surface area contributed by atoms with Gasteiger partial charge in [-0.05, 0) is 25.6 Å². The molecular weight excluding hydrogens is 352 g/mol. The van der Waals surface area contributed by atoms with Crippen LogP contribution in [0.2, 0.25) is 0 Å². The Kier molecular flexibility index (Phi) is 5.02. The maximum atomic E-state index is 12.1. The van der Waals surface area contributed by atoms with Crippen molar-refractivity contribution in [3.63, 3.8) is 0 Å². The Morgan fingerprint density at radius 2 is 2.08 bits per heavy atom. The fourth-order valence-electron chi connectivity index (χ4n) is 4.29. The zero-order valence-corrected chi connectivity index (χ0v) is 16.2. The van der Waals surface area contributed by atoms with E-state index < -0.39 is 9.84 Å². The minimum Gasteiger partial charge on any atom is -0.350 e. The number of aromatic nitrogens is 2. The van der Waals surface area contributed by atoms with E-state index >= 15 is 0 Å². The molecule has 4 heterocycles. The van der Waals surface area contributed by atoms with Gasteiger partial charge in [0.05, 0.1) is 17.5 Å². The number of hydrogen-bond acceptors (Lipinski definition) is 8. The molecule has 8 nitrogen and oxygen atoms in total. The monoisotopic (exact) mass is 380 g/mol. The molecule has 9 heteroatoms. The molecule has 4 rings (SSSR count). The Morgan fingerprint density at radius 1 is 1.19 bits per heavy atom. The zero-order chi connectivity index (χ0) is 18.1. The van der Waals surface area contributed by atoms with Gasteiger partial charge in [0.25, 0.3) is 0 Å². The summed E-state index contributed by atoms with van der Waals surface area (Å²) in [6, 6.07) is 1.88. The smallest absolute Gasteiger partial charge is 0.227 e. The molecule has 1 aromatic rings. The molecule has 144 valence electrons. The van der Waals surface area contributed by atoms with Crippen molar-refractivity contribution in [2.45, 2.75) is 25.4 Å². The van der Waals surface area contributed by atoms with Crippen LogP contribution in [0.3, 0.4) is 0 Å². The predicted octanol–water partition coefficient (Wildman–Crippen LogP) is -0.416. The molecule has 0 spiro atoms. The van der Waals surface area contributed by atoms with Gasteiger partial charge in [-0.25, -0.2) is 13.4 Å². The standard InChI is InChI=1S/C17H28N6O2S/c1-2-21-7-3-8-22(11-10-21)17-19-5-4-16(20-17)23-9-6-18-14-12-26(24,25)13-15(14)23/h4-5,14-15,18H,2-3,6-13H2,1H3/t14-,15+/m0/s1. The second-order valence-electron chi connectivity index (χ2n) is 7.39. The quantitative estimate of drug-likeness (QED) is 0.758. The summed E-state index contributed by atoms with van der Waals surface area (Å²) >= 11 is 0. The van der Waals surface area contributed by atoms with Crippen LogP contribution in [-0.2, 0) is 9.84 Å². The molecule has 2 atom stereocenters. The summed E-state index contributed by atoms with van der Waals surface area (Å²) < 4.78 is 24.1. The average molecular weight is 381 g/mol. The number of nitrogens with one attached hydrogen (secondary N) is 1. The highest BCUT2D eigenvalue weighted by molar-refractivity contribution is 7.91. The van der Waals surface area contributed by atoms with Crippen LogP contribution in [0.4, 0.5) is 11.8 Å². The molecule has 0 unspecified atom stereocenters. The molecular formula is C17H28N6O2S. The van der Waals surface area contributed by atoms with Gasteiger partial charge in [0.15, 0.2) is 9.84 Å². The minimum atomic E-state index is -2.98. The molecule has 3 aliphatic heterocycles. The van der Waals surface area contributed by atoms with Crippen molar-refractivity contribution >= 4 is 21.6 Å². The van der Waals surface area contributed by atoms with E-state index in [1.165, 1.54) is 0 Å². The highest BCUT2D eigenvalue weighted by atomic mass is 32.2. The van der Waals surface area contributed by atoms with E-state index in [0.717, 1.165) is 64.0 Å². The third-order valence-electron chi connectivity index (χ3n) is 5.72. The second kappa shape index (κ2) is 7.28. The second-order valence-corrected chi connectivity index (χ2v) is 9.54. The van der Waals surface area contributed by atoms with Gasteiger partial charge in [-0.3, -0.25) is 0 Å². The van der Waals surface area contributed by atoms with Crippen LogP contribution in [-0.4, -0.2) is 92.7 Å². The largest absolute Gasteiger partial charge is 0.350 e. The molecule has 0 aromatic carbocycles.